The first-order chi connectivity index (χ1) is 7.45. The van der Waals surface area contributed by atoms with Gasteiger partial charge in [-0.3, -0.25) is 4.79 Å². The third-order valence-electron chi connectivity index (χ3n) is 2.25. The van der Waals surface area contributed by atoms with E-state index in [1.807, 2.05) is 0 Å². The van der Waals surface area contributed by atoms with E-state index in [0.29, 0.717) is 11.3 Å². The molecule has 4 heteroatoms. The van der Waals surface area contributed by atoms with Crippen LogP contribution in [0.15, 0.2) is 16.6 Å². The smallest absolute Gasteiger partial charge is 0.252 e. The first-order valence-corrected chi connectivity index (χ1v) is 5.57. The molecule has 0 heterocycles. The number of carbonyl (C=O) groups is 1. The number of carbonyl (C=O) groups excluding carboxylic acids is 1. The summed E-state index contributed by atoms with van der Waals surface area (Å²) in [5.74, 6) is 2.23. The largest absolute Gasteiger partial charge is 0.398 e. The summed E-state index contributed by atoms with van der Waals surface area (Å²) in [4.78, 5) is 11.9. The van der Waals surface area contributed by atoms with E-state index >= 15 is 0 Å². The minimum Gasteiger partial charge on any atom is -0.398 e. The first kappa shape index (κ1) is 12.6. The molecule has 0 aliphatic heterocycles. The highest BCUT2D eigenvalue weighted by Gasteiger charge is 2.13. The number of nitrogen functional groups attached to an aromatic ring is 1. The van der Waals surface area contributed by atoms with E-state index in [4.69, 9.17) is 12.2 Å². The lowest BCUT2D eigenvalue weighted by atomic mass is 10.1. The number of hydrogen-bond donors (Lipinski definition) is 2. The lowest BCUT2D eigenvalue weighted by Crippen LogP contribution is -2.31. The van der Waals surface area contributed by atoms with Crippen LogP contribution in [0.1, 0.15) is 22.8 Å². The molecule has 0 saturated carbocycles. The normalized spacial score (nSPS) is 11.6. The van der Waals surface area contributed by atoms with Crippen LogP contribution in [0, 0.1) is 19.3 Å². The molecule has 1 rings (SSSR count). The van der Waals surface area contributed by atoms with Crippen molar-refractivity contribution < 1.29 is 4.79 Å². The average Bonchev–Trinajstić information content (AvgIpc) is 2.22. The predicted octanol–water partition coefficient (Wildman–Crippen LogP) is 2.09. The summed E-state index contributed by atoms with van der Waals surface area (Å²) >= 11 is 3.30. The zero-order valence-electron chi connectivity index (χ0n) is 9.17. The summed E-state index contributed by atoms with van der Waals surface area (Å²) in [6.07, 6.45) is 5.20. The monoisotopic (exact) mass is 280 g/mol. The minimum atomic E-state index is -0.299. The van der Waals surface area contributed by atoms with E-state index in [-0.39, 0.29) is 11.9 Å². The van der Waals surface area contributed by atoms with Gasteiger partial charge >= 0.3 is 0 Å². The molecule has 1 atom stereocenters. The number of anilines is 1. The Labute approximate surface area is 104 Å². The van der Waals surface area contributed by atoms with E-state index in [1.165, 1.54) is 0 Å². The van der Waals surface area contributed by atoms with Gasteiger partial charge in [0.15, 0.2) is 0 Å². The van der Waals surface area contributed by atoms with E-state index in [9.17, 15) is 4.79 Å². The molecule has 0 bridgehead atoms. The van der Waals surface area contributed by atoms with Crippen LogP contribution >= 0.6 is 15.9 Å². The summed E-state index contributed by atoms with van der Waals surface area (Å²) in [6.45, 7) is 3.55. The molecule has 0 radical (unpaired) electrons. The van der Waals surface area contributed by atoms with Crippen LogP contribution in [-0.2, 0) is 0 Å². The van der Waals surface area contributed by atoms with Crippen LogP contribution < -0.4 is 11.1 Å². The topological polar surface area (TPSA) is 55.1 Å². The van der Waals surface area contributed by atoms with Crippen molar-refractivity contribution in [3.8, 4) is 12.3 Å². The van der Waals surface area contributed by atoms with Crippen molar-refractivity contribution in [2.45, 2.75) is 19.9 Å². The molecule has 1 unspecified atom stereocenters. The Morgan fingerprint density at radius 2 is 2.25 bits per heavy atom. The Morgan fingerprint density at radius 3 is 2.81 bits per heavy atom. The van der Waals surface area contributed by atoms with Crippen LogP contribution in [-0.4, -0.2) is 11.9 Å². The zero-order chi connectivity index (χ0) is 12.3. The molecule has 16 heavy (non-hydrogen) atoms. The summed E-state index contributed by atoms with van der Waals surface area (Å²) in [5.41, 5.74) is 7.64. The average molecular weight is 281 g/mol. The van der Waals surface area contributed by atoms with Crippen molar-refractivity contribution in [1.29, 1.82) is 0 Å². The summed E-state index contributed by atoms with van der Waals surface area (Å²) < 4.78 is 0.772. The van der Waals surface area contributed by atoms with Crippen LogP contribution in [0.3, 0.4) is 0 Å². The standard InChI is InChI=1S/C12H13BrN2O/c1-4-7(2)15-12(16)10-5-9(13)6-11(14)8(10)3/h1,5-7H,14H2,2-3H3,(H,15,16). The van der Waals surface area contributed by atoms with E-state index in [1.54, 1.807) is 26.0 Å². The highest BCUT2D eigenvalue weighted by atomic mass is 79.9. The number of nitrogens with one attached hydrogen (secondary N) is 1. The second-order valence-electron chi connectivity index (χ2n) is 3.53. The van der Waals surface area contributed by atoms with E-state index in [0.717, 1.165) is 10.0 Å². The third-order valence-corrected chi connectivity index (χ3v) is 2.71. The molecule has 0 saturated heterocycles. The highest BCUT2D eigenvalue weighted by Crippen LogP contribution is 2.22. The highest BCUT2D eigenvalue weighted by molar-refractivity contribution is 9.10. The molecule has 0 spiro atoms. The maximum Gasteiger partial charge on any atom is 0.252 e. The zero-order valence-corrected chi connectivity index (χ0v) is 10.8. The Morgan fingerprint density at radius 1 is 1.62 bits per heavy atom. The maximum atomic E-state index is 11.9. The maximum absolute atomic E-state index is 11.9. The van der Waals surface area contributed by atoms with Crippen molar-refractivity contribution in [2.24, 2.45) is 0 Å². The summed E-state index contributed by atoms with van der Waals surface area (Å²) in [6, 6.07) is 3.19. The lowest BCUT2D eigenvalue weighted by molar-refractivity contribution is 0.0947. The Balaban J connectivity index is 3.05. The number of halogens is 1. The van der Waals surface area contributed by atoms with Gasteiger partial charge in [0.2, 0.25) is 0 Å². The van der Waals surface area contributed by atoms with Crippen LogP contribution in [0.4, 0.5) is 5.69 Å². The Kier molecular flexibility index (Phi) is 3.97. The van der Waals surface area contributed by atoms with Gasteiger partial charge in [0.25, 0.3) is 5.91 Å². The van der Waals surface area contributed by atoms with Gasteiger partial charge in [0.05, 0.1) is 6.04 Å². The van der Waals surface area contributed by atoms with Crippen molar-refractivity contribution in [2.75, 3.05) is 5.73 Å². The van der Waals surface area contributed by atoms with Crippen molar-refractivity contribution in [3.63, 3.8) is 0 Å². The number of hydrogen-bond acceptors (Lipinski definition) is 2. The van der Waals surface area contributed by atoms with Crippen molar-refractivity contribution in [3.05, 3.63) is 27.7 Å². The molecule has 1 amide bonds. The fourth-order valence-corrected chi connectivity index (χ4v) is 1.73. The van der Waals surface area contributed by atoms with Gasteiger partial charge in [-0.1, -0.05) is 21.9 Å². The molecule has 0 aliphatic carbocycles. The third kappa shape index (κ3) is 2.77. The number of benzene rings is 1. The van der Waals surface area contributed by atoms with Gasteiger partial charge in [-0.2, -0.15) is 0 Å². The molecule has 0 aromatic heterocycles. The molecule has 3 nitrogen and oxygen atoms in total. The first-order valence-electron chi connectivity index (χ1n) is 4.78. The Hall–Kier alpha value is -1.47. The molecule has 3 N–H and O–H groups in total. The molecule has 0 aliphatic rings. The van der Waals surface area contributed by atoms with Crippen LogP contribution in [0.5, 0.6) is 0 Å². The second kappa shape index (κ2) is 5.04. The fraction of sp³-hybridized carbons (Fsp3) is 0.250. The Bertz CT molecular complexity index is 463. The number of terminal acetylenes is 1. The van der Waals surface area contributed by atoms with Gasteiger partial charge in [0.1, 0.15) is 0 Å². The minimum absolute atomic E-state index is 0.212. The van der Waals surface area contributed by atoms with Crippen LogP contribution in [0.25, 0.3) is 0 Å². The number of amides is 1. The SMILES string of the molecule is C#CC(C)NC(=O)c1cc(Br)cc(N)c1C. The predicted molar refractivity (Wildman–Crippen MR) is 69.1 cm³/mol. The number of rotatable bonds is 2. The molecular formula is C12H13BrN2O. The molecule has 0 fully saturated rings. The quantitative estimate of drug-likeness (QED) is 0.644. The van der Waals surface area contributed by atoms with E-state index in [2.05, 4.69) is 27.2 Å². The summed E-state index contributed by atoms with van der Waals surface area (Å²) in [7, 11) is 0. The van der Waals surface area contributed by atoms with E-state index < -0.39 is 0 Å². The lowest BCUT2D eigenvalue weighted by Gasteiger charge is -2.11. The van der Waals surface area contributed by atoms with Crippen molar-refractivity contribution in [1.82, 2.24) is 5.32 Å². The van der Waals surface area contributed by atoms with Gasteiger partial charge in [-0.05, 0) is 31.5 Å². The van der Waals surface area contributed by atoms with Gasteiger partial charge < -0.3 is 11.1 Å². The fourth-order valence-electron chi connectivity index (χ4n) is 1.25. The number of nitrogens with two attached hydrogens (primary N) is 1. The summed E-state index contributed by atoms with van der Waals surface area (Å²) in [5, 5.41) is 2.69. The van der Waals surface area contributed by atoms with Gasteiger partial charge in [0, 0.05) is 15.7 Å². The van der Waals surface area contributed by atoms with Crippen molar-refractivity contribution >= 4 is 27.5 Å². The molecule has 1 aromatic rings. The van der Waals surface area contributed by atoms with Crippen LogP contribution in [0.2, 0.25) is 0 Å². The molecule has 1 aromatic carbocycles. The second-order valence-corrected chi connectivity index (χ2v) is 4.45. The molecule has 84 valence electrons. The van der Waals surface area contributed by atoms with Gasteiger partial charge in [-0.25, -0.2) is 0 Å². The molecular weight excluding hydrogens is 268 g/mol. The van der Waals surface area contributed by atoms with Gasteiger partial charge in [-0.15, -0.1) is 6.42 Å².